The Hall–Kier alpha value is -1.68. The molecule has 4 nitrogen and oxygen atoms in total. The van der Waals surface area contributed by atoms with Crippen LogP contribution < -0.4 is 0 Å². The summed E-state index contributed by atoms with van der Waals surface area (Å²) in [7, 11) is 1.80. The largest absolute Gasteiger partial charge is 0.292 e. The lowest BCUT2D eigenvalue weighted by Gasteiger charge is -2.03. The molecular weight excluding hydrogens is 262 g/mol. The van der Waals surface area contributed by atoms with Gasteiger partial charge < -0.3 is 0 Å². The monoisotopic (exact) mass is 277 g/mol. The molecule has 0 aliphatic rings. The molecule has 0 atom stereocenters. The Bertz CT molecular complexity index is 619. The summed E-state index contributed by atoms with van der Waals surface area (Å²) >= 11 is 6.24. The second-order valence-corrected chi connectivity index (χ2v) is 4.83. The summed E-state index contributed by atoms with van der Waals surface area (Å²) in [6.45, 7) is 3.85. The van der Waals surface area contributed by atoms with Crippen LogP contribution in [0, 0.1) is 6.92 Å². The lowest BCUT2D eigenvalue weighted by Crippen LogP contribution is -2.10. The molecule has 0 fully saturated rings. The summed E-state index contributed by atoms with van der Waals surface area (Å²) < 4.78 is 1.68. The van der Waals surface area contributed by atoms with Gasteiger partial charge in [0, 0.05) is 12.7 Å². The van der Waals surface area contributed by atoms with Crippen LogP contribution in [0.25, 0.3) is 0 Å². The van der Waals surface area contributed by atoms with Gasteiger partial charge in [-0.2, -0.15) is 5.10 Å². The summed E-state index contributed by atoms with van der Waals surface area (Å²) in [5.74, 6) is -0.0451. The van der Waals surface area contributed by atoms with Crippen LogP contribution in [0.5, 0.6) is 0 Å². The molecule has 2 heterocycles. The predicted molar refractivity (Wildman–Crippen MR) is 74.6 cm³/mol. The van der Waals surface area contributed by atoms with Crippen LogP contribution >= 0.6 is 11.6 Å². The van der Waals surface area contributed by atoms with Crippen molar-refractivity contribution < 1.29 is 4.79 Å². The number of pyridine rings is 1. The molecule has 0 aliphatic heterocycles. The zero-order valence-electron chi connectivity index (χ0n) is 11.3. The molecule has 0 saturated heterocycles. The minimum absolute atomic E-state index is 0.0451. The smallest absolute Gasteiger partial charge is 0.187 e. The number of hydrogen-bond donors (Lipinski definition) is 0. The number of carbonyl (C=O) groups excluding carboxylic acids is 1. The first-order chi connectivity index (χ1) is 9.02. The predicted octanol–water partition coefficient (Wildman–Crippen LogP) is 2.76. The standard InChI is InChI=1S/C14H16ClN3O/c1-4-10-14(15)12(18(3)17-10)8-13(19)11-7-5-6-9(2)16-11/h5-7H,4,8H2,1-3H3. The highest BCUT2D eigenvalue weighted by Crippen LogP contribution is 2.22. The zero-order chi connectivity index (χ0) is 14.0. The number of aryl methyl sites for hydroxylation is 3. The van der Waals surface area contributed by atoms with Gasteiger partial charge in [0.15, 0.2) is 5.78 Å². The minimum atomic E-state index is -0.0451. The van der Waals surface area contributed by atoms with E-state index in [9.17, 15) is 4.79 Å². The van der Waals surface area contributed by atoms with E-state index in [1.54, 1.807) is 17.8 Å². The first-order valence-corrected chi connectivity index (χ1v) is 6.57. The van der Waals surface area contributed by atoms with Crippen LogP contribution in [0.1, 0.15) is 34.5 Å². The third-order valence-electron chi connectivity index (χ3n) is 3.00. The number of aromatic nitrogens is 3. The fourth-order valence-corrected chi connectivity index (χ4v) is 2.31. The second kappa shape index (κ2) is 5.53. The Balaban J connectivity index is 2.27. The maximum atomic E-state index is 12.2. The fourth-order valence-electron chi connectivity index (χ4n) is 1.95. The maximum Gasteiger partial charge on any atom is 0.187 e. The molecule has 0 aliphatic carbocycles. The lowest BCUT2D eigenvalue weighted by atomic mass is 10.1. The Morgan fingerprint density at radius 2 is 2.16 bits per heavy atom. The van der Waals surface area contributed by atoms with Crippen LogP contribution in [0.4, 0.5) is 0 Å². The third kappa shape index (κ3) is 2.84. The van der Waals surface area contributed by atoms with E-state index in [-0.39, 0.29) is 12.2 Å². The van der Waals surface area contributed by atoms with Gasteiger partial charge in [0.05, 0.1) is 22.8 Å². The van der Waals surface area contributed by atoms with Crippen LogP contribution in [0.15, 0.2) is 18.2 Å². The van der Waals surface area contributed by atoms with Gasteiger partial charge in [0.1, 0.15) is 5.69 Å². The highest BCUT2D eigenvalue weighted by Gasteiger charge is 2.17. The van der Waals surface area contributed by atoms with Crippen LogP contribution in [0.3, 0.4) is 0 Å². The van der Waals surface area contributed by atoms with Crippen molar-refractivity contribution in [1.29, 1.82) is 0 Å². The van der Waals surface area contributed by atoms with Crippen molar-refractivity contribution >= 4 is 17.4 Å². The Labute approximate surface area is 117 Å². The number of rotatable bonds is 4. The molecule has 5 heteroatoms. The zero-order valence-corrected chi connectivity index (χ0v) is 12.0. The van der Waals surface area contributed by atoms with Gasteiger partial charge in [-0.1, -0.05) is 24.6 Å². The van der Waals surface area contributed by atoms with Gasteiger partial charge >= 0.3 is 0 Å². The number of carbonyl (C=O) groups is 1. The van der Waals surface area contributed by atoms with Gasteiger partial charge in [-0.15, -0.1) is 0 Å². The van der Waals surface area contributed by atoms with E-state index < -0.39 is 0 Å². The second-order valence-electron chi connectivity index (χ2n) is 4.45. The van der Waals surface area contributed by atoms with Crippen molar-refractivity contribution in [3.05, 3.63) is 46.0 Å². The van der Waals surface area contributed by atoms with E-state index in [4.69, 9.17) is 11.6 Å². The fraction of sp³-hybridized carbons (Fsp3) is 0.357. The number of Topliss-reactive ketones (excluding diaryl/α,β-unsaturated/α-hetero) is 1. The molecule has 2 rings (SSSR count). The molecule has 100 valence electrons. The highest BCUT2D eigenvalue weighted by atomic mass is 35.5. The molecule has 2 aromatic heterocycles. The molecule has 0 spiro atoms. The van der Waals surface area contributed by atoms with Crippen molar-refractivity contribution in [3.63, 3.8) is 0 Å². The Morgan fingerprint density at radius 1 is 1.42 bits per heavy atom. The number of hydrogen-bond acceptors (Lipinski definition) is 3. The van der Waals surface area contributed by atoms with Gasteiger partial charge in [0.2, 0.25) is 0 Å². The lowest BCUT2D eigenvalue weighted by molar-refractivity contribution is 0.0986. The SMILES string of the molecule is CCc1nn(C)c(CC(=O)c2cccc(C)n2)c1Cl. The average molecular weight is 278 g/mol. The summed E-state index contributed by atoms with van der Waals surface area (Å²) in [6.07, 6.45) is 0.975. The molecule has 0 N–H and O–H groups in total. The van der Waals surface area contributed by atoms with E-state index in [2.05, 4.69) is 10.1 Å². The van der Waals surface area contributed by atoms with E-state index >= 15 is 0 Å². The Kier molecular flexibility index (Phi) is 4.00. The average Bonchev–Trinajstić information content (AvgIpc) is 2.66. The summed E-state index contributed by atoms with van der Waals surface area (Å²) in [5, 5.41) is 4.89. The summed E-state index contributed by atoms with van der Waals surface area (Å²) in [4.78, 5) is 16.4. The number of nitrogens with zero attached hydrogens (tertiary/aromatic N) is 3. The molecule has 0 aromatic carbocycles. The molecule has 0 amide bonds. The van der Waals surface area contributed by atoms with E-state index in [1.807, 2.05) is 26.0 Å². The highest BCUT2D eigenvalue weighted by molar-refractivity contribution is 6.32. The Morgan fingerprint density at radius 3 is 2.74 bits per heavy atom. The minimum Gasteiger partial charge on any atom is -0.292 e. The molecular formula is C14H16ClN3O. The normalized spacial score (nSPS) is 10.7. The molecule has 0 unspecified atom stereocenters. The van der Waals surface area contributed by atoms with Crippen LogP contribution in [0.2, 0.25) is 5.02 Å². The third-order valence-corrected chi connectivity index (χ3v) is 3.44. The van der Waals surface area contributed by atoms with Crippen LogP contribution in [-0.4, -0.2) is 20.5 Å². The van der Waals surface area contributed by atoms with Crippen molar-refractivity contribution in [3.8, 4) is 0 Å². The van der Waals surface area contributed by atoms with Crippen molar-refractivity contribution in [1.82, 2.24) is 14.8 Å². The topological polar surface area (TPSA) is 47.8 Å². The first kappa shape index (κ1) is 13.7. The van der Waals surface area contributed by atoms with E-state index in [1.165, 1.54) is 0 Å². The first-order valence-electron chi connectivity index (χ1n) is 6.20. The number of halogens is 1. The number of ketones is 1. The molecule has 19 heavy (non-hydrogen) atoms. The van der Waals surface area contributed by atoms with E-state index in [0.717, 1.165) is 23.5 Å². The quantitative estimate of drug-likeness (QED) is 0.808. The molecule has 0 radical (unpaired) electrons. The maximum absolute atomic E-state index is 12.2. The summed E-state index contributed by atoms with van der Waals surface area (Å²) in [5.41, 5.74) is 2.86. The molecule has 0 bridgehead atoms. The van der Waals surface area contributed by atoms with E-state index in [0.29, 0.717) is 10.7 Å². The van der Waals surface area contributed by atoms with Crippen molar-refractivity contribution in [2.24, 2.45) is 7.05 Å². The van der Waals surface area contributed by atoms with Gasteiger partial charge in [-0.25, -0.2) is 0 Å². The molecule has 0 saturated carbocycles. The van der Waals surface area contributed by atoms with Gasteiger partial charge in [-0.3, -0.25) is 14.5 Å². The van der Waals surface area contributed by atoms with Gasteiger partial charge in [0.25, 0.3) is 0 Å². The van der Waals surface area contributed by atoms with Crippen molar-refractivity contribution in [2.75, 3.05) is 0 Å². The molecule has 2 aromatic rings. The van der Waals surface area contributed by atoms with Crippen molar-refractivity contribution in [2.45, 2.75) is 26.7 Å². The van der Waals surface area contributed by atoms with Gasteiger partial charge in [-0.05, 0) is 25.5 Å². The summed E-state index contributed by atoms with van der Waals surface area (Å²) in [6, 6.07) is 5.42. The van der Waals surface area contributed by atoms with Crippen LogP contribution in [-0.2, 0) is 19.9 Å².